The van der Waals surface area contributed by atoms with Gasteiger partial charge >= 0.3 is 0 Å². The van der Waals surface area contributed by atoms with E-state index >= 15 is 0 Å². The van der Waals surface area contributed by atoms with E-state index in [2.05, 4.69) is 6.58 Å². The van der Waals surface area contributed by atoms with Crippen LogP contribution in [0, 0.1) is 0 Å². The minimum Gasteiger partial charge on any atom is -0.497 e. The van der Waals surface area contributed by atoms with E-state index in [1.807, 2.05) is 24.3 Å². The summed E-state index contributed by atoms with van der Waals surface area (Å²) < 4.78 is 10.3. The second-order valence-electron chi connectivity index (χ2n) is 2.28. The van der Waals surface area contributed by atoms with Gasteiger partial charge in [0.15, 0.2) is 0 Å². The summed E-state index contributed by atoms with van der Waals surface area (Å²) in [5.41, 5.74) is 0. The molecule has 0 amide bonds. The molecule has 1 aromatic rings. The molecule has 0 radical (unpaired) electrons. The molecule has 0 heterocycles. The summed E-state index contributed by atoms with van der Waals surface area (Å²) in [6.07, 6.45) is 1.71. The fraction of sp³-hybridized carbons (Fsp3) is 0.200. The van der Waals surface area contributed by atoms with Gasteiger partial charge in [0.1, 0.15) is 18.1 Å². The molecular weight excluding hydrogens is 152 g/mol. The second-order valence-corrected chi connectivity index (χ2v) is 2.28. The molecule has 0 aliphatic carbocycles. The summed E-state index contributed by atoms with van der Waals surface area (Å²) in [5, 5.41) is 0. The van der Waals surface area contributed by atoms with Crippen molar-refractivity contribution in [1.82, 2.24) is 0 Å². The third-order valence-electron chi connectivity index (χ3n) is 1.41. The first-order chi connectivity index (χ1) is 5.86. The van der Waals surface area contributed by atoms with Crippen LogP contribution in [0.25, 0.3) is 0 Å². The zero-order valence-corrected chi connectivity index (χ0v) is 7.12. The van der Waals surface area contributed by atoms with Gasteiger partial charge in [-0.3, -0.25) is 0 Å². The van der Waals surface area contributed by atoms with Crippen LogP contribution in [0.1, 0.15) is 0 Å². The lowest BCUT2D eigenvalue weighted by Gasteiger charge is -2.04. The van der Waals surface area contributed by atoms with Gasteiger partial charge in [-0.1, -0.05) is 18.7 Å². The molecule has 0 fully saturated rings. The van der Waals surface area contributed by atoms with Crippen molar-refractivity contribution in [1.29, 1.82) is 0 Å². The van der Waals surface area contributed by atoms with Gasteiger partial charge in [-0.25, -0.2) is 0 Å². The maximum atomic E-state index is 5.30. The average molecular weight is 164 g/mol. The van der Waals surface area contributed by atoms with Crippen LogP contribution in [-0.2, 0) is 0 Å². The molecule has 0 aliphatic heterocycles. The minimum absolute atomic E-state index is 0.521. The van der Waals surface area contributed by atoms with Crippen molar-refractivity contribution in [3.63, 3.8) is 0 Å². The van der Waals surface area contributed by atoms with Crippen molar-refractivity contribution in [3.05, 3.63) is 36.9 Å². The number of methoxy groups -OCH3 is 1. The Kier molecular flexibility index (Phi) is 3.20. The number of hydrogen-bond acceptors (Lipinski definition) is 2. The first-order valence-corrected chi connectivity index (χ1v) is 3.74. The molecule has 0 saturated carbocycles. The highest BCUT2D eigenvalue weighted by atomic mass is 16.5. The zero-order valence-electron chi connectivity index (χ0n) is 7.12. The molecule has 0 spiro atoms. The Morgan fingerprint density at radius 1 is 1.42 bits per heavy atom. The Morgan fingerprint density at radius 3 is 2.83 bits per heavy atom. The van der Waals surface area contributed by atoms with Gasteiger partial charge < -0.3 is 9.47 Å². The molecule has 0 aliphatic rings. The van der Waals surface area contributed by atoms with Crippen LogP contribution in [0.2, 0.25) is 0 Å². The Balaban J connectivity index is 2.65. The lowest BCUT2D eigenvalue weighted by molar-refractivity contribution is 0.357. The van der Waals surface area contributed by atoms with Crippen LogP contribution in [0.5, 0.6) is 11.5 Å². The Labute approximate surface area is 72.4 Å². The smallest absolute Gasteiger partial charge is 0.123 e. The first-order valence-electron chi connectivity index (χ1n) is 3.74. The van der Waals surface area contributed by atoms with Gasteiger partial charge in [0.05, 0.1) is 7.11 Å². The third-order valence-corrected chi connectivity index (χ3v) is 1.41. The van der Waals surface area contributed by atoms with Gasteiger partial charge in [0, 0.05) is 6.07 Å². The van der Waals surface area contributed by atoms with E-state index in [9.17, 15) is 0 Å². The van der Waals surface area contributed by atoms with E-state index in [0.717, 1.165) is 11.5 Å². The summed E-state index contributed by atoms with van der Waals surface area (Å²) in [7, 11) is 1.63. The topological polar surface area (TPSA) is 18.5 Å². The molecule has 0 N–H and O–H groups in total. The highest BCUT2D eigenvalue weighted by Crippen LogP contribution is 2.18. The minimum atomic E-state index is 0.521. The third kappa shape index (κ3) is 2.31. The SMILES string of the molecule is C=CCOc1cccc(OC)c1. The van der Waals surface area contributed by atoms with E-state index in [4.69, 9.17) is 9.47 Å². The van der Waals surface area contributed by atoms with Crippen LogP contribution in [0.4, 0.5) is 0 Å². The maximum Gasteiger partial charge on any atom is 0.123 e. The lowest BCUT2D eigenvalue weighted by atomic mass is 10.3. The van der Waals surface area contributed by atoms with Crippen molar-refractivity contribution in [2.75, 3.05) is 13.7 Å². The van der Waals surface area contributed by atoms with Crippen LogP contribution >= 0.6 is 0 Å². The van der Waals surface area contributed by atoms with Crippen molar-refractivity contribution in [2.45, 2.75) is 0 Å². The molecule has 64 valence electrons. The highest BCUT2D eigenvalue weighted by Gasteiger charge is 1.93. The number of hydrogen-bond donors (Lipinski definition) is 0. The maximum absolute atomic E-state index is 5.30. The van der Waals surface area contributed by atoms with Gasteiger partial charge in [0.25, 0.3) is 0 Å². The van der Waals surface area contributed by atoms with Gasteiger partial charge in [-0.15, -0.1) is 0 Å². The van der Waals surface area contributed by atoms with Gasteiger partial charge in [-0.05, 0) is 12.1 Å². The fourth-order valence-electron chi connectivity index (χ4n) is 0.846. The Hall–Kier alpha value is -1.44. The number of ether oxygens (including phenoxy) is 2. The van der Waals surface area contributed by atoms with E-state index < -0.39 is 0 Å². The largest absolute Gasteiger partial charge is 0.497 e. The van der Waals surface area contributed by atoms with Crippen LogP contribution < -0.4 is 9.47 Å². The summed E-state index contributed by atoms with van der Waals surface area (Å²) in [6, 6.07) is 7.48. The summed E-state index contributed by atoms with van der Waals surface area (Å²) in [5.74, 6) is 1.60. The first kappa shape index (κ1) is 8.65. The molecular formula is C10H12O2. The zero-order chi connectivity index (χ0) is 8.81. The van der Waals surface area contributed by atoms with E-state index in [0.29, 0.717) is 6.61 Å². The predicted octanol–water partition coefficient (Wildman–Crippen LogP) is 2.26. The van der Waals surface area contributed by atoms with Crippen molar-refractivity contribution >= 4 is 0 Å². The molecule has 0 unspecified atom stereocenters. The Bertz CT molecular complexity index is 256. The normalized spacial score (nSPS) is 9.08. The molecule has 0 aromatic heterocycles. The molecule has 0 atom stereocenters. The highest BCUT2D eigenvalue weighted by molar-refractivity contribution is 5.32. The quantitative estimate of drug-likeness (QED) is 0.635. The van der Waals surface area contributed by atoms with E-state index in [1.165, 1.54) is 0 Å². The van der Waals surface area contributed by atoms with Crippen molar-refractivity contribution < 1.29 is 9.47 Å². The fourth-order valence-corrected chi connectivity index (χ4v) is 0.846. The van der Waals surface area contributed by atoms with E-state index in [-0.39, 0.29) is 0 Å². The molecule has 0 saturated heterocycles. The van der Waals surface area contributed by atoms with Crippen LogP contribution in [-0.4, -0.2) is 13.7 Å². The standard InChI is InChI=1S/C10H12O2/c1-3-7-12-10-6-4-5-9(8-10)11-2/h3-6,8H,1,7H2,2H3. The van der Waals surface area contributed by atoms with Crippen molar-refractivity contribution in [2.24, 2.45) is 0 Å². The summed E-state index contributed by atoms with van der Waals surface area (Å²) >= 11 is 0. The van der Waals surface area contributed by atoms with Crippen LogP contribution in [0.15, 0.2) is 36.9 Å². The Morgan fingerprint density at radius 2 is 2.17 bits per heavy atom. The average Bonchev–Trinajstić information content (AvgIpc) is 2.15. The molecule has 0 bridgehead atoms. The molecule has 1 rings (SSSR count). The molecule has 2 heteroatoms. The van der Waals surface area contributed by atoms with Crippen LogP contribution in [0.3, 0.4) is 0 Å². The summed E-state index contributed by atoms with van der Waals surface area (Å²) in [4.78, 5) is 0. The lowest BCUT2D eigenvalue weighted by Crippen LogP contribution is -1.92. The summed E-state index contributed by atoms with van der Waals surface area (Å²) in [6.45, 7) is 4.08. The monoisotopic (exact) mass is 164 g/mol. The molecule has 1 aromatic carbocycles. The van der Waals surface area contributed by atoms with Gasteiger partial charge in [0.2, 0.25) is 0 Å². The predicted molar refractivity (Wildman–Crippen MR) is 48.7 cm³/mol. The molecule has 2 nitrogen and oxygen atoms in total. The molecule has 12 heavy (non-hydrogen) atoms. The second kappa shape index (κ2) is 4.44. The number of benzene rings is 1. The van der Waals surface area contributed by atoms with E-state index in [1.54, 1.807) is 13.2 Å². The van der Waals surface area contributed by atoms with Crippen molar-refractivity contribution in [3.8, 4) is 11.5 Å². The number of rotatable bonds is 4. The van der Waals surface area contributed by atoms with Gasteiger partial charge in [-0.2, -0.15) is 0 Å².